The maximum atomic E-state index is 13.2. The van der Waals surface area contributed by atoms with Gasteiger partial charge in [-0.05, 0) is 35.9 Å². The van der Waals surface area contributed by atoms with E-state index < -0.39 is 33.6 Å². The molecule has 0 spiro atoms. The first-order valence-corrected chi connectivity index (χ1v) is 11.4. The van der Waals surface area contributed by atoms with Crippen LogP contribution in [0.25, 0.3) is 0 Å². The Morgan fingerprint density at radius 1 is 1.06 bits per heavy atom. The van der Waals surface area contributed by atoms with Crippen LogP contribution in [-0.4, -0.2) is 57.0 Å². The molecule has 2 aromatic carbocycles. The summed E-state index contributed by atoms with van der Waals surface area (Å²) in [5.74, 6) is -0.955. The summed E-state index contributed by atoms with van der Waals surface area (Å²) in [5.41, 5.74) is -0.0344. The minimum atomic E-state index is -4.59. The molecule has 3 rings (SSSR count). The van der Waals surface area contributed by atoms with Crippen LogP contribution in [0.15, 0.2) is 48.5 Å². The first-order chi connectivity index (χ1) is 15.0. The lowest BCUT2D eigenvalue weighted by molar-refractivity contribution is -0.137. The zero-order valence-corrected chi connectivity index (χ0v) is 17.9. The largest absolute Gasteiger partial charge is 0.465 e. The number of nitrogens with zero attached hydrogens (tertiary/aromatic N) is 2. The number of rotatable bonds is 4. The molecule has 2 aromatic rings. The van der Waals surface area contributed by atoms with E-state index in [9.17, 15) is 31.2 Å². The van der Waals surface area contributed by atoms with E-state index >= 15 is 0 Å². The molecule has 0 aliphatic carbocycles. The molecule has 0 N–H and O–H groups in total. The number of carbonyl (C=O) groups excluding carboxylic acids is 2. The van der Waals surface area contributed by atoms with Gasteiger partial charge in [0.05, 0.1) is 36.3 Å². The van der Waals surface area contributed by atoms with Crippen LogP contribution in [0.4, 0.5) is 23.7 Å². The van der Waals surface area contributed by atoms with Crippen LogP contribution < -0.4 is 4.90 Å². The number of hydrogen-bond donors (Lipinski definition) is 0. The smallest absolute Gasteiger partial charge is 0.416 e. The normalized spacial score (nSPS) is 15.8. The molecule has 1 heterocycles. The van der Waals surface area contributed by atoms with Crippen molar-refractivity contribution < 1.29 is 35.9 Å². The van der Waals surface area contributed by atoms with Gasteiger partial charge in [-0.25, -0.2) is 18.0 Å². The number of sulfone groups is 1. The number of hydrogen-bond acceptors (Lipinski definition) is 5. The summed E-state index contributed by atoms with van der Waals surface area (Å²) in [6.07, 6.45) is -4.59. The van der Waals surface area contributed by atoms with Crippen LogP contribution in [-0.2, 0) is 27.3 Å². The van der Waals surface area contributed by atoms with Crippen molar-refractivity contribution in [3.63, 3.8) is 0 Å². The summed E-state index contributed by atoms with van der Waals surface area (Å²) >= 11 is 0. The van der Waals surface area contributed by atoms with Gasteiger partial charge in [0, 0.05) is 18.8 Å². The number of methoxy groups -OCH3 is 1. The third kappa shape index (κ3) is 5.58. The van der Waals surface area contributed by atoms with Gasteiger partial charge in [-0.15, -0.1) is 0 Å². The fraction of sp³-hybridized carbons (Fsp3) is 0.333. The SMILES string of the molecule is COC(=O)c1ccc(CN(C(=O)N2CCS(=O)(=O)CC2)c2cccc(C(F)(F)F)c2)cc1. The zero-order valence-electron chi connectivity index (χ0n) is 17.1. The number of anilines is 1. The van der Waals surface area contributed by atoms with Crippen LogP contribution in [0, 0.1) is 0 Å². The summed E-state index contributed by atoms with van der Waals surface area (Å²) in [6.45, 7) is -0.166. The first kappa shape index (κ1) is 23.6. The molecule has 32 heavy (non-hydrogen) atoms. The van der Waals surface area contributed by atoms with Gasteiger partial charge in [0.2, 0.25) is 0 Å². The van der Waals surface area contributed by atoms with Crippen molar-refractivity contribution in [2.75, 3.05) is 36.6 Å². The van der Waals surface area contributed by atoms with E-state index in [1.54, 1.807) is 12.1 Å². The summed E-state index contributed by atoms with van der Waals surface area (Å²) in [5, 5.41) is 0. The molecule has 0 bridgehead atoms. The Labute approximate surface area is 183 Å². The van der Waals surface area contributed by atoms with Crippen molar-refractivity contribution in [1.82, 2.24) is 4.90 Å². The number of carbonyl (C=O) groups is 2. The zero-order chi connectivity index (χ0) is 23.5. The van der Waals surface area contributed by atoms with E-state index in [-0.39, 0.29) is 42.4 Å². The monoisotopic (exact) mass is 470 g/mol. The molecule has 0 aromatic heterocycles. The molecule has 1 fully saturated rings. The van der Waals surface area contributed by atoms with E-state index in [0.717, 1.165) is 12.1 Å². The lowest BCUT2D eigenvalue weighted by Crippen LogP contribution is -2.49. The number of amides is 2. The Balaban J connectivity index is 1.92. The van der Waals surface area contributed by atoms with Gasteiger partial charge in [-0.1, -0.05) is 18.2 Å². The van der Waals surface area contributed by atoms with E-state index in [4.69, 9.17) is 0 Å². The molecule has 172 valence electrons. The second-order valence-electron chi connectivity index (χ2n) is 7.24. The number of alkyl halides is 3. The average molecular weight is 470 g/mol. The topological polar surface area (TPSA) is 84.0 Å². The molecular formula is C21H21F3N2O5S. The molecule has 0 radical (unpaired) electrons. The van der Waals surface area contributed by atoms with Crippen LogP contribution in [0.1, 0.15) is 21.5 Å². The quantitative estimate of drug-likeness (QED) is 0.640. The van der Waals surface area contributed by atoms with Crippen molar-refractivity contribution in [2.24, 2.45) is 0 Å². The van der Waals surface area contributed by atoms with Gasteiger partial charge in [0.25, 0.3) is 0 Å². The van der Waals surface area contributed by atoms with Gasteiger partial charge in [-0.3, -0.25) is 4.90 Å². The molecule has 0 saturated carbocycles. The second-order valence-corrected chi connectivity index (χ2v) is 9.55. The Kier molecular flexibility index (Phi) is 6.77. The van der Waals surface area contributed by atoms with Gasteiger partial charge in [-0.2, -0.15) is 13.2 Å². The molecular weight excluding hydrogens is 449 g/mol. The fourth-order valence-electron chi connectivity index (χ4n) is 3.24. The lowest BCUT2D eigenvalue weighted by Gasteiger charge is -2.33. The standard InChI is InChI=1S/C21H21F3N2O5S/c1-31-19(27)16-7-5-15(6-8-16)14-26(18-4-2-3-17(13-18)21(22,23)24)20(28)25-9-11-32(29,30)12-10-25/h2-8,13H,9-12,14H2,1H3. The maximum Gasteiger partial charge on any atom is 0.416 e. The minimum Gasteiger partial charge on any atom is -0.465 e. The molecule has 1 aliphatic rings. The van der Waals surface area contributed by atoms with E-state index in [1.807, 2.05) is 0 Å². The highest BCUT2D eigenvalue weighted by atomic mass is 32.2. The van der Waals surface area contributed by atoms with Crippen molar-refractivity contribution in [3.05, 3.63) is 65.2 Å². The molecule has 11 heteroatoms. The Morgan fingerprint density at radius 3 is 2.25 bits per heavy atom. The van der Waals surface area contributed by atoms with Gasteiger partial charge in [0.1, 0.15) is 0 Å². The van der Waals surface area contributed by atoms with E-state index in [2.05, 4.69) is 4.74 Å². The van der Waals surface area contributed by atoms with Gasteiger partial charge >= 0.3 is 18.2 Å². The van der Waals surface area contributed by atoms with Crippen LogP contribution in [0.2, 0.25) is 0 Å². The number of ether oxygens (including phenoxy) is 1. The van der Waals surface area contributed by atoms with Gasteiger partial charge in [0.15, 0.2) is 9.84 Å². The molecule has 0 unspecified atom stereocenters. The van der Waals surface area contributed by atoms with Crippen molar-refractivity contribution >= 4 is 27.5 Å². The van der Waals surface area contributed by atoms with Crippen molar-refractivity contribution in [1.29, 1.82) is 0 Å². The molecule has 2 amide bonds. The molecule has 1 aliphatic heterocycles. The number of urea groups is 1. The summed E-state index contributed by atoms with van der Waals surface area (Å²) < 4.78 is 67.7. The summed E-state index contributed by atoms with van der Waals surface area (Å²) in [6, 6.07) is 9.90. The van der Waals surface area contributed by atoms with Crippen LogP contribution in [0.5, 0.6) is 0 Å². The van der Waals surface area contributed by atoms with Crippen LogP contribution in [0.3, 0.4) is 0 Å². The highest BCUT2D eigenvalue weighted by molar-refractivity contribution is 7.91. The Morgan fingerprint density at radius 2 is 1.69 bits per heavy atom. The number of halogens is 3. The first-order valence-electron chi connectivity index (χ1n) is 9.61. The summed E-state index contributed by atoms with van der Waals surface area (Å²) in [4.78, 5) is 27.3. The minimum absolute atomic E-state index is 0.0234. The molecule has 0 atom stereocenters. The second kappa shape index (κ2) is 9.19. The van der Waals surface area contributed by atoms with Crippen molar-refractivity contribution in [3.8, 4) is 0 Å². The fourth-order valence-corrected chi connectivity index (χ4v) is 4.44. The predicted octanol–water partition coefficient (Wildman–Crippen LogP) is 3.35. The lowest BCUT2D eigenvalue weighted by atomic mass is 10.1. The average Bonchev–Trinajstić information content (AvgIpc) is 2.76. The number of benzene rings is 2. The summed E-state index contributed by atoms with van der Waals surface area (Å²) in [7, 11) is -2.01. The third-order valence-electron chi connectivity index (χ3n) is 5.05. The highest BCUT2D eigenvalue weighted by Crippen LogP contribution is 2.32. The third-order valence-corrected chi connectivity index (χ3v) is 6.66. The Bertz CT molecular complexity index is 1090. The molecule has 7 nitrogen and oxygen atoms in total. The van der Waals surface area contributed by atoms with E-state index in [0.29, 0.717) is 5.56 Å². The van der Waals surface area contributed by atoms with Crippen molar-refractivity contribution in [2.45, 2.75) is 12.7 Å². The Hall–Kier alpha value is -3.08. The predicted molar refractivity (Wildman–Crippen MR) is 111 cm³/mol. The number of esters is 1. The maximum absolute atomic E-state index is 13.2. The van der Waals surface area contributed by atoms with Crippen LogP contribution >= 0.6 is 0 Å². The highest BCUT2D eigenvalue weighted by Gasteiger charge is 2.33. The van der Waals surface area contributed by atoms with E-state index in [1.165, 1.54) is 41.2 Å². The van der Waals surface area contributed by atoms with Gasteiger partial charge < -0.3 is 9.64 Å². The molecule has 1 saturated heterocycles.